The quantitative estimate of drug-likeness (QED) is 0.670. The third-order valence-corrected chi connectivity index (χ3v) is 1.76. The van der Waals surface area contributed by atoms with Crippen LogP contribution >= 0.6 is 0 Å². The molecule has 0 saturated heterocycles. The van der Waals surface area contributed by atoms with Crippen molar-refractivity contribution in [2.24, 2.45) is 5.73 Å². The molecule has 0 saturated carbocycles. The Bertz CT molecular complexity index is 435. The Hall–Kier alpha value is -1.58. The molecule has 1 aromatic heterocycles. The van der Waals surface area contributed by atoms with Crippen LogP contribution in [0.5, 0.6) is 0 Å². The second kappa shape index (κ2) is 2.48. The third-order valence-electron chi connectivity index (χ3n) is 1.76. The maximum absolute atomic E-state index is 10.8. The SMILES string of the molecule is NC(=O)c1ccc2cobc2c1. The monoisotopic (exact) mass is 159 g/mol. The molecule has 3 nitrogen and oxygen atoms in total. The molecule has 2 aromatic rings. The van der Waals surface area contributed by atoms with E-state index in [1.54, 1.807) is 31.6 Å². The van der Waals surface area contributed by atoms with Gasteiger partial charge in [-0.05, 0) is 0 Å². The van der Waals surface area contributed by atoms with E-state index in [9.17, 15) is 4.79 Å². The zero-order valence-corrected chi connectivity index (χ0v) is 6.28. The average molecular weight is 159 g/mol. The van der Waals surface area contributed by atoms with Gasteiger partial charge in [0.15, 0.2) is 0 Å². The van der Waals surface area contributed by atoms with Gasteiger partial charge in [-0.3, -0.25) is 0 Å². The zero-order valence-electron chi connectivity index (χ0n) is 6.28. The van der Waals surface area contributed by atoms with Crippen LogP contribution in [-0.4, -0.2) is 13.0 Å². The molecular weight excluding hydrogens is 153 g/mol. The van der Waals surface area contributed by atoms with Crippen LogP contribution in [0.3, 0.4) is 0 Å². The van der Waals surface area contributed by atoms with E-state index in [0.717, 1.165) is 10.7 Å². The van der Waals surface area contributed by atoms with Crippen molar-refractivity contribution in [1.82, 2.24) is 0 Å². The van der Waals surface area contributed by atoms with E-state index in [1.807, 2.05) is 0 Å². The first-order chi connectivity index (χ1) is 5.77. The Morgan fingerprint density at radius 3 is 3.08 bits per heavy atom. The van der Waals surface area contributed by atoms with E-state index < -0.39 is 5.91 Å². The van der Waals surface area contributed by atoms with E-state index in [-0.39, 0.29) is 0 Å². The Morgan fingerprint density at radius 1 is 1.50 bits per heavy atom. The fraction of sp³-hybridized carbons (Fsp3) is 0. The second-order valence-corrected chi connectivity index (χ2v) is 2.58. The first kappa shape index (κ1) is 7.09. The summed E-state index contributed by atoms with van der Waals surface area (Å²) in [6, 6.07) is 5.19. The van der Waals surface area contributed by atoms with Gasteiger partial charge in [0.1, 0.15) is 0 Å². The molecule has 0 radical (unpaired) electrons. The van der Waals surface area contributed by atoms with Gasteiger partial charge in [0, 0.05) is 0 Å². The number of benzene rings is 1. The van der Waals surface area contributed by atoms with Crippen molar-refractivity contribution in [1.29, 1.82) is 0 Å². The van der Waals surface area contributed by atoms with Crippen molar-refractivity contribution >= 4 is 23.7 Å². The van der Waals surface area contributed by atoms with E-state index in [4.69, 9.17) is 10.1 Å². The zero-order chi connectivity index (χ0) is 8.55. The molecule has 0 aliphatic rings. The standard InChI is InChI=1S/C8H6BNO2/c10-8(11)5-1-2-6-4-12-9-7(6)3-5/h1-4H,(H2,10,11). The summed E-state index contributed by atoms with van der Waals surface area (Å²) in [4.78, 5) is 10.8. The molecule has 1 heterocycles. The summed E-state index contributed by atoms with van der Waals surface area (Å²) in [6.45, 7) is 0. The van der Waals surface area contributed by atoms with Crippen LogP contribution in [0.2, 0.25) is 0 Å². The van der Waals surface area contributed by atoms with E-state index in [0.29, 0.717) is 5.56 Å². The number of amides is 1. The molecule has 0 aliphatic heterocycles. The van der Waals surface area contributed by atoms with E-state index in [2.05, 4.69) is 0 Å². The Morgan fingerprint density at radius 2 is 2.33 bits per heavy atom. The topological polar surface area (TPSA) is 56.2 Å². The van der Waals surface area contributed by atoms with Gasteiger partial charge in [-0.15, -0.1) is 0 Å². The van der Waals surface area contributed by atoms with Crippen molar-refractivity contribution in [3.05, 3.63) is 30.0 Å². The van der Waals surface area contributed by atoms with E-state index >= 15 is 0 Å². The summed E-state index contributed by atoms with van der Waals surface area (Å²) in [5.41, 5.74) is 5.61. The maximum atomic E-state index is 10.8. The van der Waals surface area contributed by atoms with Crippen molar-refractivity contribution < 1.29 is 9.13 Å². The summed E-state index contributed by atoms with van der Waals surface area (Å²) >= 11 is 0. The molecule has 12 heavy (non-hydrogen) atoms. The fourth-order valence-corrected chi connectivity index (χ4v) is 1.12. The molecule has 4 heteroatoms. The van der Waals surface area contributed by atoms with Gasteiger partial charge in [-0.2, -0.15) is 0 Å². The first-order valence-electron chi connectivity index (χ1n) is 3.53. The Balaban J connectivity index is 2.68. The van der Waals surface area contributed by atoms with Crippen LogP contribution in [0.25, 0.3) is 10.7 Å². The predicted octanol–water partition coefficient (Wildman–Crippen LogP) is 0.870. The third kappa shape index (κ3) is 1.01. The van der Waals surface area contributed by atoms with Crippen LogP contribution in [0.15, 0.2) is 28.8 Å². The first-order valence-corrected chi connectivity index (χ1v) is 3.53. The number of fused-ring (bicyclic) bond motifs is 1. The molecule has 2 rings (SSSR count). The number of hydrogen-bond acceptors (Lipinski definition) is 2. The average Bonchev–Trinajstić information content (AvgIpc) is 2.49. The minimum absolute atomic E-state index is 0.418. The van der Waals surface area contributed by atoms with Gasteiger partial charge in [-0.25, -0.2) is 0 Å². The van der Waals surface area contributed by atoms with Gasteiger partial charge in [0.25, 0.3) is 0 Å². The molecule has 0 spiro atoms. The van der Waals surface area contributed by atoms with Crippen LogP contribution < -0.4 is 5.73 Å². The number of primary amides is 1. The molecule has 0 atom stereocenters. The number of hydrogen-bond donors (Lipinski definition) is 1. The number of nitrogens with two attached hydrogens (primary N) is 1. The molecule has 0 aliphatic carbocycles. The Labute approximate surface area is 69.4 Å². The second-order valence-electron chi connectivity index (χ2n) is 2.58. The minimum atomic E-state index is -0.418. The van der Waals surface area contributed by atoms with Gasteiger partial charge >= 0.3 is 68.6 Å². The van der Waals surface area contributed by atoms with E-state index in [1.165, 1.54) is 0 Å². The van der Waals surface area contributed by atoms with Gasteiger partial charge in [-0.1, -0.05) is 0 Å². The summed E-state index contributed by atoms with van der Waals surface area (Å²) in [6.07, 6.45) is 1.63. The Kier molecular flexibility index (Phi) is 1.47. The normalized spacial score (nSPS) is 10.0. The fourth-order valence-electron chi connectivity index (χ4n) is 1.12. The molecule has 0 fully saturated rings. The summed E-state index contributed by atoms with van der Waals surface area (Å²) < 4.78 is 4.95. The van der Waals surface area contributed by atoms with Crippen molar-refractivity contribution in [2.45, 2.75) is 0 Å². The number of carbonyl (C=O) groups is 1. The van der Waals surface area contributed by atoms with Crippen LogP contribution in [0, 0.1) is 0 Å². The summed E-state index contributed by atoms with van der Waals surface area (Å²) in [7, 11) is 1.59. The molecule has 1 aromatic carbocycles. The molecular formula is C8H6BNO2. The number of rotatable bonds is 1. The van der Waals surface area contributed by atoms with Crippen LogP contribution in [-0.2, 0) is 0 Å². The van der Waals surface area contributed by atoms with Gasteiger partial charge in [0.2, 0.25) is 0 Å². The number of carbonyl (C=O) groups excluding carboxylic acids is 1. The van der Waals surface area contributed by atoms with Crippen molar-refractivity contribution in [2.75, 3.05) is 0 Å². The summed E-state index contributed by atoms with van der Waals surface area (Å²) in [5.74, 6) is -0.418. The van der Waals surface area contributed by atoms with Crippen molar-refractivity contribution in [3.8, 4) is 0 Å². The van der Waals surface area contributed by atoms with Crippen LogP contribution in [0.1, 0.15) is 10.4 Å². The van der Waals surface area contributed by atoms with Gasteiger partial charge in [0.05, 0.1) is 0 Å². The molecule has 58 valence electrons. The summed E-state index contributed by atoms with van der Waals surface area (Å²) in [5, 5.41) is 1.87. The molecule has 0 bridgehead atoms. The van der Waals surface area contributed by atoms with Crippen molar-refractivity contribution in [3.63, 3.8) is 0 Å². The predicted molar refractivity (Wildman–Crippen MR) is 46.1 cm³/mol. The van der Waals surface area contributed by atoms with Gasteiger partial charge < -0.3 is 0 Å². The molecule has 1 amide bonds. The molecule has 0 unspecified atom stereocenters. The molecule has 2 N–H and O–H groups in total. The van der Waals surface area contributed by atoms with Crippen LogP contribution in [0.4, 0.5) is 0 Å².